The summed E-state index contributed by atoms with van der Waals surface area (Å²) in [5, 5.41) is 28.9. The minimum atomic E-state index is 0.207. The van der Waals surface area contributed by atoms with Crippen LogP contribution in [0.2, 0.25) is 0 Å². The molecule has 0 unspecified atom stereocenters. The topological polar surface area (TPSA) is 115 Å². The summed E-state index contributed by atoms with van der Waals surface area (Å²) in [4.78, 5) is 8.95. The summed E-state index contributed by atoms with van der Waals surface area (Å²) in [5.41, 5.74) is 3.61. The summed E-state index contributed by atoms with van der Waals surface area (Å²) in [6.45, 7) is 4.13. The summed E-state index contributed by atoms with van der Waals surface area (Å²) >= 11 is 0. The molecule has 0 aliphatic heterocycles. The summed E-state index contributed by atoms with van der Waals surface area (Å²) in [7, 11) is 0. The molecule has 4 rings (SSSR count). The zero-order chi connectivity index (χ0) is 20.4. The van der Waals surface area contributed by atoms with E-state index in [9.17, 15) is 0 Å². The van der Waals surface area contributed by atoms with Crippen LogP contribution >= 0.6 is 0 Å². The molecule has 1 fully saturated rings. The fourth-order valence-corrected chi connectivity index (χ4v) is 3.03. The molecule has 0 atom stereocenters. The average molecular weight is 386 g/mol. The van der Waals surface area contributed by atoms with Crippen LogP contribution in [0.4, 0.5) is 5.69 Å². The van der Waals surface area contributed by atoms with E-state index in [0.29, 0.717) is 23.1 Å². The van der Waals surface area contributed by atoms with Gasteiger partial charge in [0.2, 0.25) is 0 Å². The Morgan fingerprint density at radius 3 is 2.79 bits per heavy atom. The molecule has 3 heterocycles. The molecule has 0 radical (unpaired) electrons. The molecular weight excluding hydrogens is 364 g/mol. The summed E-state index contributed by atoms with van der Waals surface area (Å²) in [6.07, 6.45) is 10.5. The van der Waals surface area contributed by atoms with Gasteiger partial charge in [0.25, 0.3) is 0 Å². The first-order valence-corrected chi connectivity index (χ1v) is 9.57. The van der Waals surface area contributed by atoms with Crippen molar-refractivity contribution < 1.29 is 0 Å². The molecule has 0 amide bonds. The third-order valence-corrected chi connectivity index (χ3v) is 4.61. The highest BCUT2D eigenvalue weighted by atomic mass is 15.3. The summed E-state index contributed by atoms with van der Waals surface area (Å²) in [5.74, 6) is 0.614. The van der Waals surface area contributed by atoms with Crippen molar-refractivity contribution in [2.75, 3.05) is 5.32 Å². The van der Waals surface area contributed by atoms with E-state index >= 15 is 0 Å². The minimum Gasteiger partial charge on any atom is -0.388 e. The van der Waals surface area contributed by atoms with E-state index in [0.717, 1.165) is 22.2 Å². The maximum absolute atomic E-state index is 9.06. The lowest BCUT2D eigenvalue weighted by atomic mass is 10.1. The zero-order valence-corrected chi connectivity index (χ0v) is 16.3. The molecule has 0 spiro atoms. The van der Waals surface area contributed by atoms with E-state index in [2.05, 4.69) is 45.6 Å². The van der Waals surface area contributed by atoms with Gasteiger partial charge in [-0.05, 0) is 32.8 Å². The van der Waals surface area contributed by atoms with Crippen molar-refractivity contribution in [3.05, 3.63) is 48.1 Å². The van der Waals surface area contributed by atoms with Gasteiger partial charge >= 0.3 is 0 Å². The van der Waals surface area contributed by atoms with E-state index in [1.54, 1.807) is 23.1 Å². The number of rotatable bonds is 7. The first-order valence-electron chi connectivity index (χ1n) is 9.57. The highest BCUT2D eigenvalue weighted by Crippen LogP contribution is 2.27. The first kappa shape index (κ1) is 18.6. The number of pyridine rings is 2. The van der Waals surface area contributed by atoms with Crippen molar-refractivity contribution in [1.29, 1.82) is 10.7 Å². The van der Waals surface area contributed by atoms with Crippen LogP contribution in [0.25, 0.3) is 22.4 Å². The van der Waals surface area contributed by atoms with Gasteiger partial charge in [-0.25, -0.2) is 9.97 Å². The highest BCUT2D eigenvalue weighted by molar-refractivity contribution is 6.10. The van der Waals surface area contributed by atoms with Gasteiger partial charge in [-0.1, -0.05) is 0 Å². The molecule has 3 N–H and O–H groups in total. The average Bonchev–Trinajstić information content (AvgIpc) is 3.45. The van der Waals surface area contributed by atoms with Crippen LogP contribution in [0.5, 0.6) is 0 Å². The van der Waals surface area contributed by atoms with Crippen LogP contribution in [0.15, 0.2) is 36.9 Å². The van der Waals surface area contributed by atoms with Gasteiger partial charge in [-0.15, -0.1) is 0 Å². The van der Waals surface area contributed by atoms with E-state index < -0.39 is 0 Å². The van der Waals surface area contributed by atoms with Gasteiger partial charge in [-0.2, -0.15) is 15.0 Å². The van der Waals surface area contributed by atoms with Crippen LogP contribution < -0.4 is 10.6 Å². The van der Waals surface area contributed by atoms with Crippen LogP contribution in [0, 0.1) is 16.7 Å². The zero-order valence-electron chi connectivity index (χ0n) is 16.3. The lowest BCUT2D eigenvalue weighted by Gasteiger charge is -2.16. The fourth-order valence-electron chi connectivity index (χ4n) is 3.03. The number of nitrogens with zero attached hydrogens (tertiary/aromatic N) is 5. The minimum absolute atomic E-state index is 0.207. The number of aromatic nitrogens is 4. The van der Waals surface area contributed by atoms with E-state index in [1.165, 1.54) is 25.3 Å². The van der Waals surface area contributed by atoms with Gasteiger partial charge in [0.05, 0.1) is 11.8 Å². The molecular formula is C21H22N8. The Kier molecular flexibility index (Phi) is 4.96. The predicted octanol–water partition coefficient (Wildman–Crippen LogP) is 3.25. The predicted molar refractivity (Wildman–Crippen MR) is 113 cm³/mol. The Hall–Kier alpha value is -3.73. The number of nitriles is 1. The van der Waals surface area contributed by atoms with Crippen molar-refractivity contribution in [3.8, 4) is 11.9 Å². The standard InChI is InChI=1S/C21H22N8/c1-13(2)28-19-6-20(25-12-18(19)16(8-23)10-24-17-3-4-17)29-21-15(11-27-29)5-14(7-22)9-26-21/h5-6,8-13,17,23-24H,3-4H2,1-2H3,(H,25,28)/b16-10+,23-8?. The second kappa shape index (κ2) is 7.72. The Labute approximate surface area is 168 Å². The van der Waals surface area contributed by atoms with E-state index in [4.69, 9.17) is 10.7 Å². The van der Waals surface area contributed by atoms with E-state index in [1.807, 2.05) is 12.3 Å². The smallest absolute Gasteiger partial charge is 0.164 e. The fraction of sp³-hybridized carbons (Fsp3) is 0.286. The number of hydrogen-bond acceptors (Lipinski definition) is 7. The number of nitrogens with one attached hydrogen (secondary N) is 3. The molecule has 0 aromatic carbocycles. The van der Waals surface area contributed by atoms with Crippen LogP contribution in [-0.2, 0) is 0 Å². The van der Waals surface area contributed by atoms with Gasteiger partial charge in [0.15, 0.2) is 11.5 Å². The molecule has 3 aromatic rings. The van der Waals surface area contributed by atoms with Gasteiger partial charge < -0.3 is 16.0 Å². The number of fused-ring (bicyclic) bond motifs is 1. The summed E-state index contributed by atoms with van der Waals surface area (Å²) < 4.78 is 1.65. The third kappa shape index (κ3) is 3.94. The lowest BCUT2D eigenvalue weighted by molar-refractivity contribution is 0.855. The maximum Gasteiger partial charge on any atom is 0.164 e. The number of anilines is 1. The Balaban J connectivity index is 1.76. The quantitative estimate of drug-likeness (QED) is 0.537. The largest absolute Gasteiger partial charge is 0.388 e. The number of allylic oxidation sites excluding steroid dienone is 1. The first-order chi connectivity index (χ1) is 14.1. The molecule has 29 heavy (non-hydrogen) atoms. The monoisotopic (exact) mass is 386 g/mol. The maximum atomic E-state index is 9.06. The SMILES string of the molecule is CC(C)Nc1cc(-n2ncc3cc(C#N)cnc32)ncc1/C(C=N)=C/NC1CC1. The molecule has 146 valence electrons. The number of hydrogen-bond donors (Lipinski definition) is 3. The van der Waals surface area contributed by atoms with Crippen molar-refractivity contribution in [2.24, 2.45) is 0 Å². The Bertz CT molecular complexity index is 1130. The Morgan fingerprint density at radius 1 is 1.28 bits per heavy atom. The molecule has 1 aliphatic rings. The molecule has 1 aliphatic carbocycles. The van der Waals surface area contributed by atoms with Gasteiger partial charge in [0, 0.05) is 65.2 Å². The second-order valence-electron chi connectivity index (χ2n) is 7.38. The van der Waals surface area contributed by atoms with Crippen LogP contribution in [0.1, 0.15) is 37.8 Å². The lowest BCUT2D eigenvalue weighted by Crippen LogP contribution is -2.14. The highest BCUT2D eigenvalue weighted by Gasteiger charge is 2.20. The van der Waals surface area contributed by atoms with Crippen molar-refractivity contribution >= 4 is 28.5 Å². The molecule has 8 nitrogen and oxygen atoms in total. The van der Waals surface area contributed by atoms with Gasteiger partial charge in [-0.3, -0.25) is 0 Å². The molecule has 0 saturated heterocycles. The normalized spacial score (nSPS) is 14.1. The Morgan fingerprint density at radius 2 is 2.10 bits per heavy atom. The molecule has 1 saturated carbocycles. The summed E-state index contributed by atoms with van der Waals surface area (Å²) in [6, 6.07) is 6.48. The molecule has 0 bridgehead atoms. The van der Waals surface area contributed by atoms with Crippen LogP contribution in [-0.4, -0.2) is 38.0 Å². The molecule has 3 aromatic heterocycles. The third-order valence-electron chi connectivity index (χ3n) is 4.61. The van der Waals surface area contributed by atoms with Gasteiger partial charge in [0.1, 0.15) is 6.07 Å². The molecule has 8 heteroatoms. The van der Waals surface area contributed by atoms with E-state index in [-0.39, 0.29) is 6.04 Å². The van der Waals surface area contributed by atoms with Crippen molar-refractivity contribution in [3.63, 3.8) is 0 Å². The van der Waals surface area contributed by atoms with Crippen molar-refractivity contribution in [1.82, 2.24) is 25.1 Å². The van der Waals surface area contributed by atoms with Crippen LogP contribution in [0.3, 0.4) is 0 Å². The second-order valence-corrected chi connectivity index (χ2v) is 7.38. The van der Waals surface area contributed by atoms with Crippen molar-refractivity contribution in [2.45, 2.75) is 38.8 Å².